The van der Waals surface area contributed by atoms with Crippen molar-refractivity contribution in [3.63, 3.8) is 0 Å². The number of carboxylic acid groups (broad SMARTS) is 1. The van der Waals surface area contributed by atoms with Crippen LogP contribution < -0.4 is 9.64 Å². The first-order chi connectivity index (χ1) is 7.72. The van der Waals surface area contributed by atoms with Crippen molar-refractivity contribution in [2.45, 2.75) is 0 Å². The minimum Gasteiger partial charge on any atom is -0.478 e. The maximum atomic E-state index is 12.2. The van der Waals surface area contributed by atoms with E-state index in [1.165, 1.54) is 0 Å². The maximum Gasteiger partial charge on any atom is 0.413 e. The molecule has 2 heterocycles. The molecular weight excluding hydrogens is 235 g/mol. The lowest BCUT2D eigenvalue weighted by Crippen LogP contribution is -2.31. The predicted octanol–water partition coefficient (Wildman–Crippen LogP) is 2.00. The van der Waals surface area contributed by atoms with Crippen LogP contribution in [0.3, 0.4) is 0 Å². The fraction of sp³-hybridized carbons (Fsp3) is 0.333. The van der Waals surface area contributed by atoms with E-state index in [2.05, 4.69) is 4.98 Å². The van der Waals surface area contributed by atoms with Crippen molar-refractivity contribution >= 4 is 28.6 Å². The number of fused-ring (bicyclic) bond motifs is 1. The molecule has 1 aromatic heterocycles. The zero-order valence-electron chi connectivity index (χ0n) is 8.22. The second-order valence-electron chi connectivity index (χ2n) is 3.01. The van der Waals surface area contributed by atoms with Gasteiger partial charge in [-0.2, -0.15) is 0 Å². The lowest BCUT2D eigenvalue weighted by molar-refractivity contribution is 0.201. The van der Waals surface area contributed by atoms with Crippen LogP contribution in [-0.2, 0) is 0 Å². The quantitative estimate of drug-likeness (QED) is 0.883. The van der Waals surface area contributed by atoms with E-state index >= 15 is 0 Å². The summed E-state index contributed by atoms with van der Waals surface area (Å²) in [7, 11) is 0. The second kappa shape index (κ2) is 4.48. The van der Waals surface area contributed by atoms with Gasteiger partial charge in [0.15, 0.2) is 5.13 Å². The Morgan fingerprint density at radius 2 is 2.56 bits per heavy atom. The summed E-state index contributed by atoms with van der Waals surface area (Å²) in [6.45, 7) is -0.510. The zero-order valence-corrected chi connectivity index (χ0v) is 9.04. The Balaban J connectivity index is 2.28. The number of hydrogen-bond donors (Lipinski definition) is 1. The first-order valence-corrected chi connectivity index (χ1v) is 5.40. The lowest BCUT2D eigenvalue weighted by Gasteiger charge is -2.12. The monoisotopic (exact) mass is 244 g/mol. The molecule has 7 heteroatoms. The summed E-state index contributed by atoms with van der Waals surface area (Å²) in [5.41, 5.74) is 0.594. The van der Waals surface area contributed by atoms with Crippen molar-refractivity contribution < 1.29 is 19.0 Å². The highest BCUT2D eigenvalue weighted by molar-refractivity contribution is 7.17. The van der Waals surface area contributed by atoms with Crippen molar-refractivity contribution in [1.29, 1.82) is 0 Å². The fourth-order valence-electron chi connectivity index (χ4n) is 1.27. The average Bonchev–Trinajstić information content (AvgIpc) is 2.68. The van der Waals surface area contributed by atoms with Gasteiger partial charge in [-0.05, 0) is 12.2 Å². The number of thiazole rings is 1. The number of halogens is 1. The number of anilines is 1. The van der Waals surface area contributed by atoms with Crippen LogP contribution in [0.4, 0.5) is 14.3 Å². The molecule has 16 heavy (non-hydrogen) atoms. The Labute approximate surface area is 94.8 Å². The maximum absolute atomic E-state index is 12.2. The van der Waals surface area contributed by atoms with Gasteiger partial charge in [0.05, 0.1) is 6.54 Å². The molecule has 0 radical (unpaired) electrons. The molecule has 2 rings (SSSR count). The number of carbonyl (C=O) groups is 1. The number of alkyl halides is 1. The van der Waals surface area contributed by atoms with Gasteiger partial charge in [0.25, 0.3) is 0 Å². The molecule has 1 aliphatic rings. The zero-order chi connectivity index (χ0) is 11.5. The highest BCUT2D eigenvalue weighted by atomic mass is 32.1. The van der Waals surface area contributed by atoms with Crippen molar-refractivity contribution in [2.24, 2.45) is 0 Å². The Hall–Kier alpha value is -1.63. The second-order valence-corrected chi connectivity index (χ2v) is 3.95. The number of nitrogens with zero attached hydrogens (tertiary/aromatic N) is 2. The fourth-order valence-corrected chi connectivity index (χ4v) is 2.21. The van der Waals surface area contributed by atoms with Crippen LogP contribution in [0.5, 0.6) is 5.06 Å². The van der Waals surface area contributed by atoms with Gasteiger partial charge >= 0.3 is 6.09 Å². The molecule has 0 aliphatic carbocycles. The van der Waals surface area contributed by atoms with Gasteiger partial charge in [0.1, 0.15) is 19.0 Å². The van der Waals surface area contributed by atoms with E-state index in [1.54, 1.807) is 12.2 Å². The number of rotatable bonds is 3. The van der Waals surface area contributed by atoms with Crippen molar-refractivity contribution in [2.75, 3.05) is 24.7 Å². The molecule has 0 spiro atoms. The largest absolute Gasteiger partial charge is 0.478 e. The molecule has 0 aromatic carbocycles. The summed E-state index contributed by atoms with van der Waals surface area (Å²) < 4.78 is 17.5. The molecule has 0 atom stereocenters. The number of ether oxygens (including phenoxy) is 1. The average molecular weight is 244 g/mol. The smallest absolute Gasteiger partial charge is 0.413 e. The molecule has 1 aromatic rings. The van der Waals surface area contributed by atoms with E-state index in [0.29, 0.717) is 17.4 Å². The first-order valence-electron chi connectivity index (χ1n) is 4.59. The SMILES string of the molecule is O=C(O)N(CCF)c1nc2c(s1)OCC=C2. The van der Waals surface area contributed by atoms with Crippen molar-refractivity contribution in [3.8, 4) is 5.06 Å². The molecule has 0 fully saturated rings. The number of amides is 1. The molecular formula is C9H9FN2O3S. The standard InChI is InChI=1S/C9H9FN2O3S/c10-3-4-12(9(13)14)8-11-6-2-1-5-15-7(6)16-8/h1-2H,3-5H2,(H,13,14). The van der Waals surface area contributed by atoms with E-state index in [-0.39, 0.29) is 11.7 Å². The third-order valence-electron chi connectivity index (χ3n) is 1.97. The first kappa shape index (κ1) is 10.9. The van der Waals surface area contributed by atoms with Gasteiger partial charge in [-0.3, -0.25) is 4.90 Å². The molecule has 1 amide bonds. The minimum absolute atomic E-state index is 0.217. The minimum atomic E-state index is -1.22. The summed E-state index contributed by atoms with van der Waals surface area (Å²) in [5.74, 6) is 0. The summed E-state index contributed by atoms with van der Waals surface area (Å²) in [4.78, 5) is 15.8. The molecule has 0 saturated heterocycles. The van der Waals surface area contributed by atoms with Gasteiger partial charge < -0.3 is 9.84 Å². The summed E-state index contributed by atoms with van der Waals surface area (Å²) >= 11 is 1.11. The third-order valence-corrected chi connectivity index (χ3v) is 2.97. The summed E-state index contributed by atoms with van der Waals surface area (Å²) in [6, 6.07) is 0. The van der Waals surface area contributed by atoms with Crippen LogP contribution in [0, 0.1) is 0 Å². The normalized spacial score (nSPS) is 13.1. The Kier molecular flexibility index (Phi) is 3.04. The van der Waals surface area contributed by atoms with Crippen LogP contribution in [0.25, 0.3) is 6.08 Å². The van der Waals surface area contributed by atoms with E-state index < -0.39 is 12.8 Å². The van der Waals surface area contributed by atoms with Crippen molar-refractivity contribution in [1.82, 2.24) is 4.98 Å². The van der Waals surface area contributed by atoms with Gasteiger partial charge in [-0.25, -0.2) is 14.2 Å². The van der Waals surface area contributed by atoms with E-state index in [9.17, 15) is 9.18 Å². The predicted molar refractivity (Wildman–Crippen MR) is 58.0 cm³/mol. The van der Waals surface area contributed by atoms with Crippen LogP contribution in [0.15, 0.2) is 6.08 Å². The van der Waals surface area contributed by atoms with E-state index in [1.807, 2.05) is 0 Å². The van der Waals surface area contributed by atoms with Gasteiger partial charge in [0, 0.05) is 0 Å². The van der Waals surface area contributed by atoms with Gasteiger partial charge in [0.2, 0.25) is 5.06 Å². The summed E-state index contributed by atoms with van der Waals surface area (Å²) in [5, 5.41) is 9.70. The van der Waals surface area contributed by atoms with Gasteiger partial charge in [-0.1, -0.05) is 11.3 Å². The van der Waals surface area contributed by atoms with Crippen LogP contribution in [-0.4, -0.2) is 36.0 Å². The molecule has 0 bridgehead atoms. The molecule has 0 unspecified atom stereocenters. The Bertz CT molecular complexity index is 432. The van der Waals surface area contributed by atoms with Gasteiger partial charge in [-0.15, -0.1) is 0 Å². The van der Waals surface area contributed by atoms with Crippen LogP contribution in [0.1, 0.15) is 5.69 Å². The molecule has 1 N–H and O–H groups in total. The number of aromatic nitrogens is 1. The third kappa shape index (κ3) is 1.99. The molecule has 0 saturated carbocycles. The number of hydrogen-bond acceptors (Lipinski definition) is 4. The molecule has 86 valence electrons. The lowest BCUT2D eigenvalue weighted by atomic mass is 10.4. The highest BCUT2D eigenvalue weighted by Gasteiger charge is 2.21. The van der Waals surface area contributed by atoms with Crippen molar-refractivity contribution in [3.05, 3.63) is 11.8 Å². The van der Waals surface area contributed by atoms with E-state index in [4.69, 9.17) is 9.84 Å². The molecule has 5 nitrogen and oxygen atoms in total. The molecule has 1 aliphatic heterocycles. The van der Waals surface area contributed by atoms with Crippen LogP contribution in [0.2, 0.25) is 0 Å². The Morgan fingerprint density at radius 1 is 1.75 bits per heavy atom. The highest BCUT2D eigenvalue weighted by Crippen LogP contribution is 2.35. The summed E-state index contributed by atoms with van der Waals surface area (Å²) in [6.07, 6.45) is 2.33. The Morgan fingerprint density at radius 3 is 3.19 bits per heavy atom. The van der Waals surface area contributed by atoms with E-state index in [0.717, 1.165) is 16.2 Å². The van der Waals surface area contributed by atoms with Crippen LogP contribution >= 0.6 is 11.3 Å². The topological polar surface area (TPSA) is 62.7 Å².